The Bertz CT molecular complexity index is 2780. The molecule has 0 bridgehead atoms. The summed E-state index contributed by atoms with van der Waals surface area (Å²) in [4.78, 5) is 58.9. The number of unbranched alkanes of at least 4 members (excludes halogenated alkanes) is 29. The molecule has 113 heavy (non-hydrogen) atoms. The zero-order valence-electron chi connectivity index (χ0n) is 70.7. The van der Waals surface area contributed by atoms with Crippen molar-refractivity contribution in [1.82, 2.24) is 0 Å². The minimum absolute atomic E-state index is 0.0833. The van der Waals surface area contributed by atoms with Crippen LogP contribution in [0.15, 0.2) is 182 Å². The molecule has 0 aromatic heterocycles. The average molecular weight is 1620 g/mol. The van der Waals surface area contributed by atoms with E-state index in [1.807, 2.05) is 0 Å². The maximum absolute atomic E-state index is 13.0. The van der Waals surface area contributed by atoms with Crippen molar-refractivity contribution in [1.29, 1.82) is 0 Å². The van der Waals surface area contributed by atoms with E-state index in [1.54, 1.807) is 0 Å². The van der Waals surface area contributed by atoms with Gasteiger partial charge in [0.25, 0.3) is 0 Å². The molecule has 4 N–H and O–H groups in total. The number of hydrogen-bond acceptors (Lipinski definition) is 14. The van der Waals surface area contributed by atoms with Crippen LogP contribution in [0.5, 0.6) is 0 Å². The molecule has 0 aromatic rings. The number of rotatable bonds is 82. The van der Waals surface area contributed by atoms with Gasteiger partial charge in [-0.3, -0.25) is 32.5 Å². The highest BCUT2D eigenvalue weighted by atomic mass is 31.2. The topological polar surface area (TPSA) is 231 Å². The predicted molar refractivity (Wildman–Crippen MR) is 472 cm³/mol. The first-order valence-electron chi connectivity index (χ1n) is 44.1. The van der Waals surface area contributed by atoms with Gasteiger partial charge in [-0.05, 0) is 154 Å². The zero-order chi connectivity index (χ0) is 82.2. The summed E-state index contributed by atoms with van der Waals surface area (Å²) in [6, 6.07) is 0. The van der Waals surface area contributed by atoms with E-state index in [-0.39, 0.29) is 19.3 Å². The summed E-state index contributed by atoms with van der Waals surface area (Å²) in [5.74, 6) is -1.60. The van der Waals surface area contributed by atoms with Crippen molar-refractivity contribution in [3.63, 3.8) is 0 Å². The van der Waals surface area contributed by atoms with E-state index >= 15 is 0 Å². The summed E-state index contributed by atoms with van der Waals surface area (Å²) in [6.07, 6.45) is 112. The number of aliphatic hydroxyl groups is 2. The molecule has 0 fully saturated rings. The van der Waals surface area contributed by atoms with E-state index in [4.69, 9.17) is 32.3 Å². The van der Waals surface area contributed by atoms with Crippen LogP contribution in [0.1, 0.15) is 342 Å². The Balaban J connectivity index is 4.62. The maximum Gasteiger partial charge on any atom is 0.472 e. The van der Waals surface area contributed by atoms with Crippen molar-refractivity contribution in [3.05, 3.63) is 182 Å². The van der Waals surface area contributed by atoms with Crippen LogP contribution < -0.4 is 0 Å². The summed E-state index contributed by atoms with van der Waals surface area (Å²) in [5.41, 5.74) is 0. The molecule has 5 unspecified atom stereocenters. The van der Waals surface area contributed by atoms with Gasteiger partial charge in [0.1, 0.15) is 25.4 Å². The third-order valence-electron chi connectivity index (χ3n) is 18.1. The van der Waals surface area contributed by atoms with E-state index < -0.39 is 91.5 Å². The first-order chi connectivity index (χ1) is 55.2. The zero-order valence-corrected chi connectivity index (χ0v) is 72.5. The molecule has 0 amide bonds. The fourth-order valence-electron chi connectivity index (χ4n) is 11.5. The second-order valence-electron chi connectivity index (χ2n) is 28.9. The fourth-order valence-corrected chi connectivity index (χ4v) is 13.1. The van der Waals surface area contributed by atoms with Gasteiger partial charge in [0, 0.05) is 19.3 Å². The molecular formula is C95H158O16P2. The molecule has 0 aliphatic heterocycles. The molecule has 0 saturated heterocycles. The van der Waals surface area contributed by atoms with Gasteiger partial charge in [-0.15, -0.1) is 0 Å². The van der Waals surface area contributed by atoms with Crippen LogP contribution >= 0.6 is 15.6 Å². The largest absolute Gasteiger partial charge is 0.472 e. The fraction of sp³-hybridized carbons (Fsp3) is 0.653. The highest BCUT2D eigenvalue weighted by molar-refractivity contribution is 7.47. The van der Waals surface area contributed by atoms with Gasteiger partial charge in [-0.25, -0.2) is 9.13 Å². The second-order valence-corrected chi connectivity index (χ2v) is 31.8. The molecule has 644 valence electrons. The van der Waals surface area contributed by atoms with Gasteiger partial charge in [-0.1, -0.05) is 351 Å². The third kappa shape index (κ3) is 87.3. The van der Waals surface area contributed by atoms with Crippen molar-refractivity contribution in [2.75, 3.05) is 39.6 Å². The molecule has 0 aliphatic rings. The molecule has 0 aliphatic carbocycles. The molecule has 16 nitrogen and oxygen atoms in total. The van der Waals surface area contributed by atoms with Gasteiger partial charge in [0.15, 0.2) is 6.10 Å². The number of carbonyl (C=O) groups is 3. The lowest BCUT2D eigenvalue weighted by atomic mass is 10.0. The number of esters is 3. The number of carbonyl (C=O) groups excluding carboxylic acids is 3. The van der Waals surface area contributed by atoms with Crippen LogP contribution in [0.3, 0.4) is 0 Å². The Labute approximate surface area is 687 Å². The number of phosphoric acid groups is 2. The van der Waals surface area contributed by atoms with Gasteiger partial charge in [-0.2, -0.15) is 0 Å². The van der Waals surface area contributed by atoms with Gasteiger partial charge in [0.2, 0.25) is 0 Å². The number of ether oxygens (including phenoxy) is 3. The molecular weight excluding hydrogens is 1460 g/mol. The minimum atomic E-state index is -4.95. The predicted octanol–water partition coefficient (Wildman–Crippen LogP) is 26.9. The summed E-state index contributed by atoms with van der Waals surface area (Å²) in [7, 11) is -9.82. The Morgan fingerprint density at radius 2 is 0.442 bits per heavy atom. The van der Waals surface area contributed by atoms with E-state index in [9.17, 15) is 43.5 Å². The highest BCUT2D eigenvalue weighted by Gasteiger charge is 2.29. The normalized spacial score (nSPS) is 14.7. The number of aliphatic hydroxyl groups excluding tert-OH is 2. The lowest BCUT2D eigenvalue weighted by Crippen LogP contribution is -2.30. The summed E-state index contributed by atoms with van der Waals surface area (Å²) in [5, 5.41) is 20.7. The van der Waals surface area contributed by atoms with Crippen LogP contribution in [-0.4, -0.2) is 95.9 Å². The first-order valence-corrected chi connectivity index (χ1v) is 47.1. The average Bonchev–Trinajstić information content (AvgIpc) is 0.899. The monoisotopic (exact) mass is 1620 g/mol. The van der Waals surface area contributed by atoms with E-state index in [0.717, 1.165) is 199 Å². The van der Waals surface area contributed by atoms with Crippen LogP contribution in [0.25, 0.3) is 0 Å². The first kappa shape index (κ1) is 108. The van der Waals surface area contributed by atoms with E-state index in [1.165, 1.54) is 83.5 Å². The van der Waals surface area contributed by atoms with E-state index in [0.29, 0.717) is 19.3 Å². The van der Waals surface area contributed by atoms with Crippen molar-refractivity contribution in [2.45, 2.75) is 360 Å². The number of hydrogen-bond donors (Lipinski definition) is 4. The van der Waals surface area contributed by atoms with Gasteiger partial charge >= 0.3 is 33.6 Å². The third-order valence-corrected chi connectivity index (χ3v) is 20.0. The summed E-state index contributed by atoms with van der Waals surface area (Å²) >= 11 is 0. The molecule has 0 radical (unpaired) electrons. The molecule has 5 atom stereocenters. The van der Waals surface area contributed by atoms with Crippen molar-refractivity contribution in [3.8, 4) is 0 Å². The van der Waals surface area contributed by atoms with Gasteiger partial charge in [0.05, 0.1) is 26.4 Å². The molecule has 0 rings (SSSR count). The lowest BCUT2D eigenvalue weighted by Gasteiger charge is -2.21. The highest BCUT2D eigenvalue weighted by Crippen LogP contribution is 2.45. The van der Waals surface area contributed by atoms with Crippen LogP contribution in [0.4, 0.5) is 0 Å². The minimum Gasteiger partial charge on any atom is -0.463 e. The summed E-state index contributed by atoms with van der Waals surface area (Å²) in [6.45, 7) is 2.34. The Hall–Kier alpha value is -5.35. The molecule has 0 saturated carbocycles. The Morgan fingerprint density at radius 3 is 0.699 bits per heavy atom. The van der Waals surface area contributed by atoms with Crippen LogP contribution in [0.2, 0.25) is 0 Å². The lowest BCUT2D eigenvalue weighted by molar-refractivity contribution is -0.161. The number of phosphoric ester groups is 2. The van der Waals surface area contributed by atoms with E-state index in [2.05, 4.69) is 203 Å². The van der Waals surface area contributed by atoms with Crippen molar-refractivity contribution < 1.29 is 75.8 Å². The molecule has 0 heterocycles. The quantitative estimate of drug-likeness (QED) is 0.0146. The Morgan fingerprint density at radius 1 is 0.248 bits per heavy atom. The molecule has 0 aromatic carbocycles. The SMILES string of the molecule is CC/C=C\C/C=C\C/C=C\C/C=C\C/C=C\C/C=C\CCCCCCCCCCCCC(=O)OCC(O)COP(=O)(O)OCC(O)COP(=O)(O)OCC(COC(=O)CCCCCCCCCCCCCCC/C=C\C/C=C\C/C=C\C/C=C\C/C=C\CC)OC(=O)CCCCCCCC/C=C\C/C=C\C/C=C\C/C=C\CC. The second kappa shape index (κ2) is 86.0. The molecule has 0 spiro atoms. The summed E-state index contributed by atoms with van der Waals surface area (Å²) < 4.78 is 61.4. The van der Waals surface area contributed by atoms with Crippen LogP contribution in [-0.2, 0) is 55.8 Å². The Kier molecular flexibility index (Phi) is 81.9. The standard InChI is InChI=1S/C95H158O16P2/c1-4-7-10-13-16-19-22-25-28-31-34-36-38-40-42-44-46-48-50-52-55-57-60-63-66-69-72-75-78-81-93(98)105-84-90(96)85-107-112(101,102)108-86-91(97)87-109-113(103,104)110-89-92(111-95(100)83-80-77-74-71-68-65-62-59-54-33-30-27-24-21-18-15-12-9-6-3)88-106-94(99)82-79-76-73-70-67-64-61-58-56-53-51-49-47-45-43-41-39-37-35-32-29-26-23-20-17-14-11-8-5-2/h7-12,16-21,25-30,34-37,40-43,46,48,54,59,90-92,96-97H,4-6,13-15,22-24,31-33,38-39,44-45,47,49-53,55-58,60-89H2,1-3H3,(H,101,102)(H,103,104)/b10-7-,11-8-,12-9-,19-16-,20-17-,21-18-,28-25-,29-26-,30-27-,36-34-,37-35-,42-40-,43-41-,48-46-,59-54-. The molecule has 18 heteroatoms. The maximum atomic E-state index is 13.0. The van der Waals surface area contributed by atoms with Crippen molar-refractivity contribution >= 4 is 33.6 Å². The van der Waals surface area contributed by atoms with Crippen LogP contribution in [0, 0.1) is 0 Å². The number of allylic oxidation sites excluding steroid dienone is 30. The smallest absolute Gasteiger partial charge is 0.463 e. The van der Waals surface area contributed by atoms with Crippen molar-refractivity contribution in [2.24, 2.45) is 0 Å². The van der Waals surface area contributed by atoms with Gasteiger partial charge < -0.3 is 34.2 Å².